The van der Waals surface area contributed by atoms with Gasteiger partial charge < -0.3 is 47.4 Å². The topological polar surface area (TPSA) is 178 Å². The summed E-state index contributed by atoms with van der Waals surface area (Å²) in [6.45, 7) is 13.4. The summed E-state index contributed by atoms with van der Waals surface area (Å²) >= 11 is 50.4. The van der Waals surface area contributed by atoms with Crippen molar-refractivity contribution in [3.63, 3.8) is 0 Å². The molecule has 0 aliphatic carbocycles. The van der Waals surface area contributed by atoms with E-state index in [1.807, 2.05) is 34.6 Å². The van der Waals surface area contributed by atoms with E-state index in [9.17, 15) is 24.0 Å². The van der Waals surface area contributed by atoms with E-state index in [2.05, 4.69) is 63.1 Å². The lowest BCUT2D eigenvalue weighted by molar-refractivity contribution is 0.0725. The SMILES string of the molecule is CCCOc1ccc(C(=O)Oc2ccc(S)c(Cl)c2)cc1.CCCOc1ccc(C(=O)Oc2ccc(S)c(Cl)c2)cc1.CCCOc1ccc(C(=O)Oc2ccc(S)c(Cl)c2)cc1.CCCOc1ccc(C(=O)Oc2ccc(S)c(Cl)c2)cc1.CCCOc1ccc(C(=O)Oc2ccc(S)c(Cl)c2)cc1.F.F.F.F.F. The molecule has 0 amide bonds. The van der Waals surface area contributed by atoms with Crippen LogP contribution < -0.4 is 47.4 Å². The molecule has 590 valence electrons. The quantitative estimate of drug-likeness (QED) is 0.0158. The van der Waals surface area contributed by atoms with Gasteiger partial charge in [-0.2, -0.15) is 0 Å². The largest absolute Gasteiger partial charge is 0.494 e. The fourth-order valence-corrected chi connectivity index (χ4v) is 9.67. The van der Waals surface area contributed by atoms with Crippen LogP contribution in [-0.2, 0) is 0 Å². The number of benzene rings is 10. The maximum absolute atomic E-state index is 12.0. The molecule has 0 radical (unpaired) electrons. The zero-order chi connectivity index (χ0) is 76.2. The number of ether oxygens (including phenoxy) is 10. The highest BCUT2D eigenvalue weighted by molar-refractivity contribution is 7.81. The second kappa shape index (κ2) is 53.3. The molecule has 15 nitrogen and oxygen atoms in total. The summed E-state index contributed by atoms with van der Waals surface area (Å²) in [4.78, 5) is 63.2. The Morgan fingerprint density at radius 2 is 0.355 bits per heavy atom. The highest BCUT2D eigenvalue weighted by Gasteiger charge is 2.16. The van der Waals surface area contributed by atoms with Crippen LogP contribution in [-0.4, -0.2) is 62.9 Å². The predicted octanol–water partition coefficient (Wildman–Crippen LogP) is 23.9. The zero-order valence-corrected chi connectivity index (χ0v) is 67.8. The maximum atomic E-state index is 12.0. The van der Waals surface area contributed by atoms with Crippen LogP contribution >= 0.6 is 121 Å². The molecule has 0 fully saturated rings. The molecule has 0 aromatic heterocycles. The van der Waals surface area contributed by atoms with E-state index < -0.39 is 29.8 Å². The summed E-state index contributed by atoms with van der Waals surface area (Å²) in [5, 5.41) is 2.18. The Kier molecular flexibility index (Phi) is 48.2. The number of hydrogen-bond donors (Lipinski definition) is 5. The van der Waals surface area contributed by atoms with E-state index in [0.717, 1.165) is 60.9 Å². The molecule has 0 spiro atoms. The molecule has 0 heterocycles. The molecule has 10 aromatic rings. The molecule has 110 heavy (non-hydrogen) atoms. The van der Waals surface area contributed by atoms with Crippen molar-refractivity contribution in [2.24, 2.45) is 0 Å². The molecule has 0 N–H and O–H groups in total. The Morgan fingerprint density at radius 3 is 0.473 bits per heavy atom. The molecule has 10 aromatic carbocycles. The number of hydrogen-bond acceptors (Lipinski definition) is 20. The molecule has 0 unspecified atom stereocenters. The number of thiol groups is 5. The van der Waals surface area contributed by atoms with Crippen molar-refractivity contribution in [1.82, 2.24) is 0 Å². The van der Waals surface area contributed by atoms with Gasteiger partial charge in [-0.05, 0) is 214 Å². The number of carbonyl (C=O) groups is 5. The monoisotopic (exact) mass is 1710 g/mol. The zero-order valence-electron chi connectivity index (χ0n) is 59.6. The van der Waals surface area contributed by atoms with Gasteiger partial charge in [-0.1, -0.05) is 92.6 Å². The molecule has 0 bridgehead atoms. The van der Waals surface area contributed by atoms with E-state index in [4.69, 9.17) is 105 Å². The maximum Gasteiger partial charge on any atom is 0.343 e. The Bertz CT molecular complexity index is 3810. The normalized spacial score (nSPS) is 9.77. The lowest BCUT2D eigenvalue weighted by Crippen LogP contribution is -2.08. The first-order valence-electron chi connectivity index (χ1n) is 32.7. The van der Waals surface area contributed by atoms with Crippen molar-refractivity contribution in [1.29, 1.82) is 0 Å². The van der Waals surface area contributed by atoms with Crippen LogP contribution in [0.3, 0.4) is 0 Å². The third kappa shape index (κ3) is 34.8. The van der Waals surface area contributed by atoms with Gasteiger partial charge in [-0.15, -0.1) is 63.1 Å². The summed E-state index contributed by atoms with van der Waals surface area (Å²) < 4.78 is 53.6. The number of carbonyl (C=O) groups excluding carboxylic acids is 5. The van der Waals surface area contributed by atoms with Crippen LogP contribution in [0, 0.1) is 0 Å². The van der Waals surface area contributed by atoms with Gasteiger partial charge in [0.05, 0.1) is 86.0 Å². The summed E-state index contributed by atoms with van der Waals surface area (Å²) in [7, 11) is 0. The molecular formula is C80H80Cl5F5O15S5. The fraction of sp³-hybridized carbons (Fsp3) is 0.188. The molecule has 0 saturated carbocycles. The first kappa shape index (κ1) is 99.4. The van der Waals surface area contributed by atoms with Gasteiger partial charge in [0, 0.05) is 54.8 Å². The van der Waals surface area contributed by atoms with Crippen LogP contribution in [0.2, 0.25) is 25.1 Å². The average Bonchev–Trinajstić information content (AvgIpc) is 0.874. The minimum absolute atomic E-state index is 0. The van der Waals surface area contributed by atoms with Gasteiger partial charge in [0.15, 0.2) is 0 Å². The summed E-state index contributed by atoms with van der Waals surface area (Å²) in [6, 6.07) is 58.5. The molecule has 0 aliphatic rings. The summed E-state index contributed by atoms with van der Waals surface area (Å²) in [5.41, 5.74) is 2.25. The van der Waals surface area contributed by atoms with Crippen molar-refractivity contribution in [3.8, 4) is 57.5 Å². The van der Waals surface area contributed by atoms with Gasteiger partial charge in [0.1, 0.15) is 57.5 Å². The third-order valence-electron chi connectivity index (χ3n) is 13.5. The van der Waals surface area contributed by atoms with Gasteiger partial charge in [-0.3, -0.25) is 23.5 Å². The minimum atomic E-state index is -0.444. The summed E-state index contributed by atoms with van der Waals surface area (Å²) in [5.74, 6) is 3.36. The van der Waals surface area contributed by atoms with Gasteiger partial charge >= 0.3 is 29.8 Å². The average molecular weight is 1710 g/mol. The molecular weight excluding hydrogens is 1630 g/mol. The van der Waals surface area contributed by atoms with E-state index >= 15 is 0 Å². The first-order valence-corrected chi connectivity index (χ1v) is 36.8. The predicted molar refractivity (Wildman–Crippen MR) is 442 cm³/mol. The minimum Gasteiger partial charge on any atom is -0.494 e. The standard InChI is InChI=1S/5C16H15ClO3S.5FH/c5*1-2-9-19-12-5-3-11(4-6-12)16(18)20-13-7-8-15(21)14(17)10-13;;;;;/h5*3-8,10,21H,2,9H2,1H3;5*1H. The van der Waals surface area contributed by atoms with Crippen molar-refractivity contribution >= 4 is 151 Å². The lowest BCUT2D eigenvalue weighted by Gasteiger charge is -2.07. The molecule has 10 rings (SSSR count). The number of rotatable bonds is 25. The van der Waals surface area contributed by atoms with Crippen LogP contribution in [0.25, 0.3) is 0 Å². The Hall–Kier alpha value is -8.60. The van der Waals surface area contributed by atoms with Gasteiger partial charge in [-0.25, -0.2) is 24.0 Å². The van der Waals surface area contributed by atoms with E-state index in [1.165, 1.54) is 0 Å². The van der Waals surface area contributed by atoms with Crippen molar-refractivity contribution in [3.05, 3.63) is 265 Å². The summed E-state index contributed by atoms with van der Waals surface area (Å²) in [6.07, 6.45) is 4.68. The van der Waals surface area contributed by atoms with Crippen LogP contribution in [0.4, 0.5) is 23.5 Å². The van der Waals surface area contributed by atoms with Gasteiger partial charge in [0.2, 0.25) is 0 Å². The highest BCUT2D eigenvalue weighted by atomic mass is 35.5. The number of esters is 5. The van der Waals surface area contributed by atoms with Crippen LogP contribution in [0.15, 0.2) is 237 Å². The van der Waals surface area contributed by atoms with Crippen molar-refractivity contribution in [2.45, 2.75) is 91.2 Å². The molecule has 0 atom stereocenters. The Morgan fingerprint density at radius 1 is 0.227 bits per heavy atom. The molecule has 0 saturated heterocycles. The lowest BCUT2D eigenvalue weighted by atomic mass is 10.2. The van der Waals surface area contributed by atoms with E-state index in [0.29, 0.717) is 139 Å². The second-order valence-electron chi connectivity index (χ2n) is 21.9. The van der Waals surface area contributed by atoms with E-state index in [-0.39, 0.29) is 23.5 Å². The van der Waals surface area contributed by atoms with Crippen LogP contribution in [0.1, 0.15) is 119 Å². The van der Waals surface area contributed by atoms with Crippen LogP contribution in [0.5, 0.6) is 57.5 Å². The Labute approximate surface area is 687 Å². The third-order valence-corrected chi connectivity index (χ3v) is 17.6. The molecule has 0 aliphatic heterocycles. The Balaban J connectivity index is 0.000000680. The first-order chi connectivity index (χ1) is 50.5. The van der Waals surface area contributed by atoms with Crippen molar-refractivity contribution in [2.75, 3.05) is 33.0 Å². The van der Waals surface area contributed by atoms with Gasteiger partial charge in [0.25, 0.3) is 0 Å². The highest BCUT2D eigenvalue weighted by Crippen LogP contribution is 2.31. The van der Waals surface area contributed by atoms with Crippen molar-refractivity contribution < 1.29 is 94.9 Å². The number of halogens is 10. The smallest absolute Gasteiger partial charge is 0.343 e. The fourth-order valence-electron chi connectivity index (χ4n) is 8.12. The van der Waals surface area contributed by atoms with E-state index in [1.54, 1.807) is 212 Å². The molecule has 30 heteroatoms. The second-order valence-corrected chi connectivity index (χ2v) is 26.3.